The lowest BCUT2D eigenvalue weighted by atomic mass is 10.0. The van der Waals surface area contributed by atoms with Gasteiger partial charge in [0, 0.05) is 13.1 Å². The van der Waals surface area contributed by atoms with Gasteiger partial charge in [0.25, 0.3) is 0 Å². The Hall–Kier alpha value is -1.67. The Morgan fingerprint density at radius 1 is 1.11 bits per heavy atom. The third-order valence-corrected chi connectivity index (χ3v) is 3.38. The molecule has 0 aliphatic carbocycles. The first-order valence-corrected chi connectivity index (χ1v) is 6.67. The van der Waals surface area contributed by atoms with Crippen LogP contribution in [0.5, 0.6) is 0 Å². The molecule has 2 aromatic carbocycles. The maximum absolute atomic E-state index is 13.4. The van der Waals surface area contributed by atoms with Crippen LogP contribution in [0.2, 0.25) is 0 Å². The minimum absolute atomic E-state index is 0.129. The van der Waals surface area contributed by atoms with Gasteiger partial charge in [0.05, 0.1) is 0 Å². The van der Waals surface area contributed by atoms with Crippen molar-refractivity contribution in [2.24, 2.45) is 0 Å². The molecule has 1 atom stereocenters. The van der Waals surface area contributed by atoms with Crippen molar-refractivity contribution in [2.45, 2.75) is 26.3 Å². The largest absolute Gasteiger partial charge is 0.312 e. The predicted octanol–water partition coefficient (Wildman–Crippen LogP) is 4.03. The minimum atomic E-state index is -0.129. The van der Waals surface area contributed by atoms with E-state index in [1.54, 1.807) is 13.0 Å². The molecule has 0 bridgehead atoms. The summed E-state index contributed by atoms with van der Waals surface area (Å²) >= 11 is 0. The molecule has 0 aliphatic rings. The van der Waals surface area contributed by atoms with Gasteiger partial charge in [0.1, 0.15) is 5.82 Å². The summed E-state index contributed by atoms with van der Waals surface area (Å²) in [5, 5.41) is 3.38. The standard InChI is InChI=1S/C17H20FN/c1-13-8-9-15(10-17(13)18)12-19-11-14(2)16-6-4-3-5-7-16/h3-10,14,19H,11-12H2,1-2H3. The van der Waals surface area contributed by atoms with Crippen LogP contribution in [-0.2, 0) is 6.54 Å². The Labute approximate surface area is 114 Å². The van der Waals surface area contributed by atoms with E-state index in [2.05, 4.69) is 36.5 Å². The Morgan fingerprint density at radius 3 is 2.53 bits per heavy atom. The van der Waals surface area contributed by atoms with Crippen molar-refractivity contribution in [2.75, 3.05) is 6.54 Å². The third-order valence-electron chi connectivity index (χ3n) is 3.38. The summed E-state index contributed by atoms with van der Waals surface area (Å²) in [5.41, 5.74) is 3.01. The van der Waals surface area contributed by atoms with Crippen molar-refractivity contribution < 1.29 is 4.39 Å². The second kappa shape index (κ2) is 6.48. The Balaban J connectivity index is 1.85. The molecule has 100 valence electrons. The summed E-state index contributed by atoms with van der Waals surface area (Å²) in [6, 6.07) is 15.8. The predicted molar refractivity (Wildman–Crippen MR) is 77.7 cm³/mol. The molecule has 0 radical (unpaired) electrons. The highest BCUT2D eigenvalue weighted by molar-refractivity contribution is 5.23. The first kappa shape index (κ1) is 13.8. The Kier molecular flexibility index (Phi) is 4.69. The highest BCUT2D eigenvalue weighted by atomic mass is 19.1. The Morgan fingerprint density at radius 2 is 1.84 bits per heavy atom. The van der Waals surface area contributed by atoms with Crippen molar-refractivity contribution in [3.05, 3.63) is 71.0 Å². The fourth-order valence-electron chi connectivity index (χ4n) is 2.08. The number of benzene rings is 2. The van der Waals surface area contributed by atoms with Crippen LogP contribution < -0.4 is 5.32 Å². The molecule has 0 fully saturated rings. The van der Waals surface area contributed by atoms with E-state index < -0.39 is 0 Å². The molecular weight excluding hydrogens is 237 g/mol. The summed E-state index contributed by atoms with van der Waals surface area (Å²) in [5.74, 6) is 0.326. The Bertz CT molecular complexity index is 522. The van der Waals surface area contributed by atoms with Crippen LogP contribution in [-0.4, -0.2) is 6.54 Å². The van der Waals surface area contributed by atoms with Crippen LogP contribution >= 0.6 is 0 Å². The summed E-state index contributed by atoms with van der Waals surface area (Å²) in [6.45, 7) is 5.57. The van der Waals surface area contributed by atoms with E-state index in [1.165, 1.54) is 5.56 Å². The number of aryl methyl sites for hydroxylation is 1. The maximum Gasteiger partial charge on any atom is 0.126 e. The molecule has 1 N–H and O–H groups in total. The lowest BCUT2D eigenvalue weighted by molar-refractivity contribution is 0.598. The van der Waals surface area contributed by atoms with Crippen LogP contribution in [0.1, 0.15) is 29.5 Å². The van der Waals surface area contributed by atoms with Crippen molar-refractivity contribution in [3.8, 4) is 0 Å². The van der Waals surface area contributed by atoms with E-state index in [0.29, 0.717) is 18.0 Å². The van der Waals surface area contributed by atoms with Crippen LogP contribution in [0.15, 0.2) is 48.5 Å². The zero-order valence-corrected chi connectivity index (χ0v) is 11.5. The van der Waals surface area contributed by atoms with Crippen molar-refractivity contribution in [1.82, 2.24) is 5.32 Å². The minimum Gasteiger partial charge on any atom is -0.312 e. The van der Waals surface area contributed by atoms with Crippen molar-refractivity contribution in [3.63, 3.8) is 0 Å². The molecule has 0 spiro atoms. The fraction of sp³-hybridized carbons (Fsp3) is 0.294. The van der Waals surface area contributed by atoms with Gasteiger partial charge in [-0.25, -0.2) is 4.39 Å². The topological polar surface area (TPSA) is 12.0 Å². The van der Waals surface area contributed by atoms with Gasteiger partial charge >= 0.3 is 0 Å². The maximum atomic E-state index is 13.4. The first-order valence-electron chi connectivity index (χ1n) is 6.67. The molecule has 2 aromatic rings. The van der Waals surface area contributed by atoms with Gasteiger partial charge < -0.3 is 5.32 Å². The molecule has 2 heteroatoms. The summed E-state index contributed by atoms with van der Waals surface area (Å²) in [7, 11) is 0. The molecule has 1 nitrogen and oxygen atoms in total. The van der Waals surface area contributed by atoms with Gasteiger partial charge in [-0.15, -0.1) is 0 Å². The molecule has 0 aromatic heterocycles. The van der Waals surface area contributed by atoms with Crippen LogP contribution in [0.4, 0.5) is 4.39 Å². The lowest BCUT2D eigenvalue weighted by Crippen LogP contribution is -2.19. The molecule has 2 rings (SSSR count). The molecule has 0 aliphatic heterocycles. The number of nitrogens with one attached hydrogen (secondary N) is 1. The number of halogens is 1. The first-order chi connectivity index (χ1) is 9.16. The van der Waals surface area contributed by atoms with Crippen molar-refractivity contribution in [1.29, 1.82) is 0 Å². The van der Waals surface area contributed by atoms with Gasteiger partial charge in [-0.05, 0) is 35.6 Å². The number of rotatable bonds is 5. The molecule has 0 saturated heterocycles. The van der Waals surface area contributed by atoms with Crippen LogP contribution in [0.3, 0.4) is 0 Å². The van der Waals surface area contributed by atoms with Gasteiger partial charge in [-0.3, -0.25) is 0 Å². The molecular formula is C17H20FN. The van der Waals surface area contributed by atoms with Gasteiger partial charge in [0.15, 0.2) is 0 Å². The van der Waals surface area contributed by atoms with E-state index in [1.807, 2.05) is 18.2 Å². The highest BCUT2D eigenvalue weighted by Crippen LogP contribution is 2.14. The molecule has 0 heterocycles. The lowest BCUT2D eigenvalue weighted by Gasteiger charge is -2.13. The van der Waals surface area contributed by atoms with E-state index in [0.717, 1.165) is 12.1 Å². The third kappa shape index (κ3) is 3.90. The number of hydrogen-bond acceptors (Lipinski definition) is 1. The van der Waals surface area contributed by atoms with Gasteiger partial charge in [-0.2, -0.15) is 0 Å². The van der Waals surface area contributed by atoms with Gasteiger partial charge in [-0.1, -0.05) is 49.4 Å². The van der Waals surface area contributed by atoms with E-state index in [-0.39, 0.29) is 5.82 Å². The summed E-state index contributed by atoms with van der Waals surface area (Å²) in [4.78, 5) is 0. The smallest absolute Gasteiger partial charge is 0.126 e. The quantitative estimate of drug-likeness (QED) is 0.852. The average molecular weight is 257 g/mol. The highest BCUT2D eigenvalue weighted by Gasteiger charge is 2.04. The average Bonchev–Trinajstić information content (AvgIpc) is 2.43. The number of hydrogen-bond donors (Lipinski definition) is 1. The van der Waals surface area contributed by atoms with Crippen LogP contribution in [0.25, 0.3) is 0 Å². The summed E-state index contributed by atoms with van der Waals surface area (Å²) < 4.78 is 13.4. The van der Waals surface area contributed by atoms with E-state index in [9.17, 15) is 4.39 Å². The zero-order chi connectivity index (χ0) is 13.7. The second-order valence-corrected chi connectivity index (χ2v) is 5.03. The second-order valence-electron chi connectivity index (χ2n) is 5.03. The van der Waals surface area contributed by atoms with Gasteiger partial charge in [0.2, 0.25) is 0 Å². The molecule has 0 amide bonds. The van der Waals surface area contributed by atoms with E-state index >= 15 is 0 Å². The monoisotopic (exact) mass is 257 g/mol. The normalized spacial score (nSPS) is 12.4. The molecule has 19 heavy (non-hydrogen) atoms. The molecule has 1 unspecified atom stereocenters. The summed E-state index contributed by atoms with van der Waals surface area (Å²) in [6.07, 6.45) is 0. The molecule has 0 saturated carbocycles. The fourth-order valence-corrected chi connectivity index (χ4v) is 2.08. The van der Waals surface area contributed by atoms with E-state index in [4.69, 9.17) is 0 Å². The SMILES string of the molecule is Cc1ccc(CNCC(C)c2ccccc2)cc1F. The van der Waals surface area contributed by atoms with Crippen molar-refractivity contribution >= 4 is 0 Å². The van der Waals surface area contributed by atoms with Crippen LogP contribution in [0, 0.1) is 12.7 Å². The zero-order valence-electron chi connectivity index (χ0n) is 11.5.